The average Bonchev–Trinajstić information content (AvgIpc) is 2.99. The number of aldehydes is 1. The van der Waals surface area contributed by atoms with E-state index in [9.17, 15) is 4.79 Å². The van der Waals surface area contributed by atoms with E-state index in [2.05, 4.69) is 30.1 Å². The lowest BCUT2D eigenvalue weighted by molar-refractivity contribution is 0.111. The number of carbonyl (C=O) groups excluding carboxylic acids is 1. The lowest BCUT2D eigenvalue weighted by Crippen LogP contribution is -2.03. The first kappa shape index (κ1) is 13.7. The minimum atomic E-state index is 0.673. The molecule has 0 bridgehead atoms. The van der Waals surface area contributed by atoms with Gasteiger partial charge in [0.05, 0.1) is 11.4 Å². The number of aromatic nitrogens is 2. The summed E-state index contributed by atoms with van der Waals surface area (Å²) in [4.78, 5) is 18.1. The van der Waals surface area contributed by atoms with Gasteiger partial charge in [-0.2, -0.15) is 0 Å². The number of thiazole rings is 1. The van der Waals surface area contributed by atoms with Crippen LogP contribution in [-0.2, 0) is 12.8 Å². The Labute approximate surface area is 133 Å². The molecule has 112 valence electrons. The van der Waals surface area contributed by atoms with Crippen LogP contribution >= 0.6 is 11.3 Å². The smallest absolute Gasteiger partial charge is 0.195 e. The number of hydrogen-bond donors (Lipinski definition) is 0. The molecular weight excluding hydrogens is 292 g/mol. The van der Waals surface area contributed by atoms with Crippen molar-refractivity contribution in [2.45, 2.75) is 39.5 Å². The van der Waals surface area contributed by atoms with Gasteiger partial charge in [0.15, 0.2) is 11.2 Å². The molecule has 0 fully saturated rings. The van der Waals surface area contributed by atoms with E-state index >= 15 is 0 Å². The average molecular weight is 310 g/mol. The van der Waals surface area contributed by atoms with Crippen molar-refractivity contribution >= 4 is 22.6 Å². The normalized spacial score (nSPS) is 14.3. The zero-order valence-electron chi connectivity index (χ0n) is 12.8. The molecule has 3 aromatic rings. The number of fused-ring (bicyclic) bond motifs is 2. The van der Waals surface area contributed by atoms with Crippen LogP contribution in [0.1, 0.15) is 45.0 Å². The fourth-order valence-electron chi connectivity index (χ4n) is 3.49. The molecule has 22 heavy (non-hydrogen) atoms. The summed E-state index contributed by atoms with van der Waals surface area (Å²) in [5.41, 5.74) is 6.75. The molecule has 4 rings (SSSR count). The van der Waals surface area contributed by atoms with Crippen LogP contribution in [0, 0.1) is 13.8 Å². The predicted molar refractivity (Wildman–Crippen MR) is 90.0 cm³/mol. The third-order valence-corrected chi connectivity index (χ3v) is 5.56. The van der Waals surface area contributed by atoms with Gasteiger partial charge in [-0.1, -0.05) is 12.1 Å². The van der Waals surface area contributed by atoms with Gasteiger partial charge < -0.3 is 0 Å². The van der Waals surface area contributed by atoms with Gasteiger partial charge in [0.25, 0.3) is 0 Å². The minimum absolute atomic E-state index is 0.673. The van der Waals surface area contributed by atoms with Crippen LogP contribution in [0.15, 0.2) is 18.2 Å². The van der Waals surface area contributed by atoms with E-state index in [0.29, 0.717) is 5.69 Å². The summed E-state index contributed by atoms with van der Waals surface area (Å²) >= 11 is 1.65. The standard InChI is InChI=1S/C18H18N2OS/c1-11-16(10-21)20-17(12(2)22-18(20)19-11)15-8-7-13-5-3-4-6-14(13)9-15/h7-10H,3-6H2,1-2H3. The van der Waals surface area contributed by atoms with Gasteiger partial charge in [-0.15, -0.1) is 11.3 Å². The molecule has 0 aliphatic heterocycles. The van der Waals surface area contributed by atoms with Crippen molar-refractivity contribution in [2.75, 3.05) is 0 Å². The second-order valence-electron chi connectivity index (χ2n) is 6.02. The molecule has 1 aliphatic carbocycles. The van der Waals surface area contributed by atoms with Gasteiger partial charge >= 0.3 is 0 Å². The maximum absolute atomic E-state index is 11.5. The number of benzene rings is 1. The molecule has 1 aromatic carbocycles. The molecule has 0 unspecified atom stereocenters. The highest BCUT2D eigenvalue weighted by molar-refractivity contribution is 7.17. The van der Waals surface area contributed by atoms with Crippen LogP contribution in [0.5, 0.6) is 0 Å². The van der Waals surface area contributed by atoms with E-state index in [1.54, 1.807) is 11.3 Å². The fourth-order valence-corrected chi connectivity index (χ4v) is 4.54. The number of aryl methyl sites for hydroxylation is 4. The molecule has 2 aromatic heterocycles. The van der Waals surface area contributed by atoms with Crippen molar-refractivity contribution in [3.05, 3.63) is 45.6 Å². The highest BCUT2D eigenvalue weighted by Gasteiger charge is 2.19. The highest BCUT2D eigenvalue weighted by atomic mass is 32.1. The quantitative estimate of drug-likeness (QED) is 0.659. The molecule has 1 aliphatic rings. The van der Waals surface area contributed by atoms with E-state index in [1.165, 1.54) is 47.3 Å². The molecule has 0 saturated heterocycles. The van der Waals surface area contributed by atoms with Gasteiger partial charge in [-0.3, -0.25) is 9.20 Å². The Bertz CT molecular complexity index is 888. The van der Waals surface area contributed by atoms with E-state index < -0.39 is 0 Å². The number of imidazole rings is 1. The molecule has 0 amide bonds. The Morgan fingerprint density at radius 1 is 1.18 bits per heavy atom. The van der Waals surface area contributed by atoms with Crippen LogP contribution in [0.25, 0.3) is 16.2 Å². The Kier molecular flexibility index (Phi) is 3.15. The summed E-state index contributed by atoms with van der Waals surface area (Å²) in [6.45, 7) is 4.01. The molecule has 0 N–H and O–H groups in total. The molecule has 0 spiro atoms. The van der Waals surface area contributed by atoms with E-state index in [1.807, 2.05) is 11.3 Å². The van der Waals surface area contributed by atoms with Crippen molar-refractivity contribution in [1.29, 1.82) is 0 Å². The lowest BCUT2D eigenvalue weighted by Gasteiger charge is -2.16. The minimum Gasteiger partial charge on any atom is -0.296 e. The second kappa shape index (κ2) is 5.06. The third-order valence-electron chi connectivity index (χ3n) is 4.60. The van der Waals surface area contributed by atoms with Gasteiger partial charge in [-0.25, -0.2) is 4.98 Å². The maximum atomic E-state index is 11.5. The summed E-state index contributed by atoms with van der Waals surface area (Å²) in [7, 11) is 0. The highest BCUT2D eigenvalue weighted by Crippen LogP contribution is 2.35. The number of hydrogen-bond acceptors (Lipinski definition) is 3. The zero-order chi connectivity index (χ0) is 15.3. The van der Waals surface area contributed by atoms with Crippen LogP contribution in [0.3, 0.4) is 0 Å². The van der Waals surface area contributed by atoms with Gasteiger partial charge in [0.1, 0.15) is 5.69 Å². The topological polar surface area (TPSA) is 34.4 Å². The Hall–Kier alpha value is -1.94. The van der Waals surface area contributed by atoms with Crippen LogP contribution in [-0.4, -0.2) is 15.7 Å². The largest absolute Gasteiger partial charge is 0.296 e. The van der Waals surface area contributed by atoms with Crippen molar-refractivity contribution in [3.8, 4) is 11.3 Å². The van der Waals surface area contributed by atoms with Crippen LogP contribution < -0.4 is 0 Å². The second-order valence-corrected chi connectivity index (χ2v) is 7.20. The van der Waals surface area contributed by atoms with Crippen molar-refractivity contribution in [2.24, 2.45) is 0 Å². The Morgan fingerprint density at radius 2 is 1.95 bits per heavy atom. The number of carbonyl (C=O) groups is 1. The van der Waals surface area contributed by atoms with Gasteiger partial charge in [0.2, 0.25) is 0 Å². The van der Waals surface area contributed by atoms with Gasteiger partial charge in [0, 0.05) is 4.88 Å². The van der Waals surface area contributed by atoms with Crippen molar-refractivity contribution in [3.63, 3.8) is 0 Å². The zero-order valence-corrected chi connectivity index (χ0v) is 13.7. The molecule has 0 atom stereocenters. The number of nitrogens with zero attached hydrogens (tertiary/aromatic N) is 2. The first-order valence-corrected chi connectivity index (χ1v) is 8.56. The number of rotatable bonds is 2. The monoisotopic (exact) mass is 310 g/mol. The van der Waals surface area contributed by atoms with Crippen LogP contribution in [0.2, 0.25) is 0 Å². The lowest BCUT2D eigenvalue weighted by atomic mass is 9.90. The fraction of sp³-hybridized carbons (Fsp3) is 0.333. The van der Waals surface area contributed by atoms with E-state index in [4.69, 9.17) is 0 Å². The van der Waals surface area contributed by atoms with E-state index in [-0.39, 0.29) is 0 Å². The molecule has 0 radical (unpaired) electrons. The van der Waals surface area contributed by atoms with E-state index in [0.717, 1.165) is 22.6 Å². The Balaban J connectivity index is 1.97. The molecule has 4 heteroatoms. The summed E-state index contributed by atoms with van der Waals surface area (Å²) in [5.74, 6) is 0. The van der Waals surface area contributed by atoms with Crippen LogP contribution in [0.4, 0.5) is 0 Å². The first-order valence-electron chi connectivity index (χ1n) is 7.75. The van der Waals surface area contributed by atoms with Crippen molar-refractivity contribution < 1.29 is 4.79 Å². The van der Waals surface area contributed by atoms with Gasteiger partial charge in [-0.05, 0) is 62.3 Å². The van der Waals surface area contributed by atoms with Crippen molar-refractivity contribution in [1.82, 2.24) is 9.38 Å². The third kappa shape index (κ3) is 1.94. The molecule has 2 heterocycles. The summed E-state index contributed by atoms with van der Waals surface area (Å²) in [6.07, 6.45) is 5.85. The SMILES string of the molecule is Cc1nc2sc(C)c(-c3ccc4c(c3)CCCC4)n2c1C=O. The summed E-state index contributed by atoms with van der Waals surface area (Å²) < 4.78 is 2.02. The molecule has 3 nitrogen and oxygen atoms in total. The Morgan fingerprint density at radius 3 is 2.73 bits per heavy atom. The first-order chi connectivity index (χ1) is 10.7. The molecule has 0 saturated carbocycles. The molecular formula is C18H18N2OS. The summed E-state index contributed by atoms with van der Waals surface area (Å²) in [5, 5.41) is 0. The summed E-state index contributed by atoms with van der Waals surface area (Å²) in [6, 6.07) is 6.77. The predicted octanol–water partition coefficient (Wildman–Crippen LogP) is 4.37. The maximum Gasteiger partial charge on any atom is 0.195 e.